The lowest BCUT2D eigenvalue weighted by atomic mass is 10.1. The molecule has 1 aliphatic heterocycles. The van der Waals surface area contributed by atoms with Crippen LogP contribution in [0.1, 0.15) is 18.9 Å². The third-order valence-corrected chi connectivity index (χ3v) is 4.72. The second-order valence-corrected chi connectivity index (χ2v) is 6.83. The number of ether oxygens (including phenoxy) is 1. The van der Waals surface area contributed by atoms with Gasteiger partial charge in [0.25, 0.3) is 5.91 Å². The number of fused-ring (bicyclic) bond motifs is 1. The number of para-hydroxylation sites is 2. The maximum Gasteiger partial charge on any atom is 0.310 e. The van der Waals surface area contributed by atoms with Crippen molar-refractivity contribution in [3.63, 3.8) is 0 Å². The van der Waals surface area contributed by atoms with Crippen molar-refractivity contribution in [1.29, 1.82) is 0 Å². The summed E-state index contributed by atoms with van der Waals surface area (Å²) in [6.07, 6.45) is -0.274. The van der Waals surface area contributed by atoms with Gasteiger partial charge in [-0.05, 0) is 31.2 Å². The van der Waals surface area contributed by atoms with Crippen molar-refractivity contribution in [1.82, 2.24) is 0 Å². The molecule has 2 amide bonds. The molecule has 0 aliphatic carbocycles. The van der Waals surface area contributed by atoms with Gasteiger partial charge in [-0.15, -0.1) is 0 Å². The predicted octanol–water partition coefficient (Wildman–Crippen LogP) is 3.33. The second-order valence-electron chi connectivity index (χ2n) is 6.42. The molecule has 1 N–H and O–H groups in total. The van der Waals surface area contributed by atoms with Crippen molar-refractivity contribution in [3.05, 3.63) is 58.9 Å². The lowest BCUT2D eigenvalue weighted by molar-refractivity contribution is -0.147. The summed E-state index contributed by atoms with van der Waals surface area (Å²) in [5, 5.41) is 2.86. The molecule has 0 radical (unpaired) electrons. The molecule has 6 nitrogen and oxygen atoms in total. The zero-order valence-electron chi connectivity index (χ0n) is 15.1. The van der Waals surface area contributed by atoms with E-state index in [1.54, 1.807) is 31.2 Å². The number of hydrogen-bond donors (Lipinski definition) is 1. The van der Waals surface area contributed by atoms with E-state index >= 15 is 0 Å². The van der Waals surface area contributed by atoms with E-state index in [2.05, 4.69) is 5.32 Å². The Kier molecular flexibility index (Phi) is 5.94. The Labute approximate surface area is 166 Å². The van der Waals surface area contributed by atoms with Crippen LogP contribution in [0.3, 0.4) is 0 Å². The lowest BCUT2D eigenvalue weighted by Gasteiger charge is -2.27. The number of esters is 1. The Balaban J connectivity index is 1.70. The third kappa shape index (κ3) is 4.31. The molecule has 28 heavy (non-hydrogen) atoms. The van der Waals surface area contributed by atoms with Crippen molar-refractivity contribution in [3.8, 4) is 0 Å². The van der Waals surface area contributed by atoms with E-state index in [1.807, 2.05) is 0 Å². The van der Waals surface area contributed by atoms with Crippen molar-refractivity contribution in [2.75, 3.05) is 16.8 Å². The molecule has 8 heteroatoms. The van der Waals surface area contributed by atoms with Crippen LogP contribution < -0.4 is 10.2 Å². The van der Waals surface area contributed by atoms with Gasteiger partial charge >= 0.3 is 5.97 Å². The first kappa shape index (κ1) is 19.8. The van der Waals surface area contributed by atoms with Gasteiger partial charge in [-0.3, -0.25) is 14.4 Å². The van der Waals surface area contributed by atoms with Gasteiger partial charge in [0.1, 0.15) is 5.82 Å². The Morgan fingerprint density at radius 1 is 1.25 bits per heavy atom. The Morgan fingerprint density at radius 3 is 2.75 bits per heavy atom. The molecule has 1 heterocycles. The van der Waals surface area contributed by atoms with Gasteiger partial charge in [0, 0.05) is 23.0 Å². The molecule has 2 aromatic carbocycles. The molecule has 146 valence electrons. The van der Waals surface area contributed by atoms with Crippen molar-refractivity contribution >= 4 is 40.8 Å². The molecular weight excluding hydrogens is 387 g/mol. The van der Waals surface area contributed by atoms with E-state index in [9.17, 15) is 18.8 Å². The first-order chi connectivity index (χ1) is 13.4. The molecule has 1 aliphatic rings. The van der Waals surface area contributed by atoms with E-state index in [0.29, 0.717) is 11.4 Å². The number of nitrogens with one attached hydrogen (secondary N) is 1. The number of hydrogen-bond acceptors (Lipinski definition) is 4. The smallest absolute Gasteiger partial charge is 0.310 e. The molecule has 0 saturated carbocycles. The standard InChI is InChI=1S/C20H18ClFN2O4/c1-12-9-18(25)23-16-7-2-3-8-17(16)24(12)19(26)11-28-20(27)10-13-14(21)5-4-6-15(13)22/h2-8,12H,9-11H2,1H3,(H,23,25)/t12-/m0/s1. The summed E-state index contributed by atoms with van der Waals surface area (Å²) in [4.78, 5) is 38.2. The minimum Gasteiger partial charge on any atom is -0.455 e. The van der Waals surface area contributed by atoms with Crippen molar-refractivity contribution in [2.24, 2.45) is 0 Å². The average molecular weight is 405 g/mol. The number of carbonyl (C=O) groups excluding carboxylic acids is 3. The van der Waals surface area contributed by atoms with Gasteiger partial charge in [0.05, 0.1) is 17.8 Å². The summed E-state index contributed by atoms with van der Waals surface area (Å²) < 4.78 is 18.8. The normalized spacial score (nSPS) is 16.0. The number of anilines is 2. The Hall–Kier alpha value is -2.93. The quantitative estimate of drug-likeness (QED) is 0.793. The first-order valence-electron chi connectivity index (χ1n) is 8.66. The van der Waals surface area contributed by atoms with E-state index in [-0.39, 0.29) is 29.3 Å². The van der Waals surface area contributed by atoms with Crippen LogP contribution in [-0.4, -0.2) is 30.4 Å². The fraction of sp³-hybridized carbons (Fsp3) is 0.250. The lowest BCUT2D eigenvalue weighted by Crippen LogP contribution is -2.41. The molecule has 1 atom stereocenters. The summed E-state index contributed by atoms with van der Waals surface area (Å²) in [6.45, 7) is 1.21. The zero-order chi connectivity index (χ0) is 20.3. The highest BCUT2D eigenvalue weighted by Gasteiger charge is 2.30. The summed E-state index contributed by atoms with van der Waals surface area (Å²) in [5.74, 6) is -2.08. The summed E-state index contributed by atoms with van der Waals surface area (Å²) in [7, 11) is 0. The molecule has 2 aromatic rings. The highest BCUT2D eigenvalue weighted by atomic mass is 35.5. The maximum atomic E-state index is 13.8. The van der Waals surface area contributed by atoms with E-state index < -0.39 is 30.3 Å². The number of benzene rings is 2. The Morgan fingerprint density at radius 2 is 2.00 bits per heavy atom. The van der Waals surface area contributed by atoms with Gasteiger partial charge in [0.2, 0.25) is 5.91 Å². The average Bonchev–Trinajstić information content (AvgIpc) is 2.77. The number of halogens is 2. The first-order valence-corrected chi connectivity index (χ1v) is 9.04. The fourth-order valence-electron chi connectivity index (χ4n) is 3.08. The predicted molar refractivity (Wildman–Crippen MR) is 103 cm³/mol. The van der Waals surface area contributed by atoms with Crippen LogP contribution >= 0.6 is 11.6 Å². The molecule has 0 fully saturated rings. The second kappa shape index (κ2) is 8.39. The van der Waals surface area contributed by atoms with Crippen LogP contribution in [0.15, 0.2) is 42.5 Å². The molecule has 0 saturated heterocycles. The monoisotopic (exact) mass is 404 g/mol. The Bertz CT molecular complexity index is 914. The van der Waals surface area contributed by atoms with Crippen LogP contribution in [-0.2, 0) is 25.5 Å². The molecule has 0 spiro atoms. The van der Waals surface area contributed by atoms with Crippen molar-refractivity contribution < 1.29 is 23.5 Å². The highest BCUT2D eigenvalue weighted by Crippen LogP contribution is 2.31. The molecular formula is C20H18ClFN2O4. The van der Waals surface area contributed by atoms with Crippen LogP contribution in [0.5, 0.6) is 0 Å². The third-order valence-electron chi connectivity index (χ3n) is 4.37. The van der Waals surface area contributed by atoms with Gasteiger partial charge in [-0.25, -0.2) is 4.39 Å². The molecule has 0 aromatic heterocycles. The SMILES string of the molecule is C[C@H]1CC(=O)Nc2ccccc2N1C(=O)COC(=O)Cc1c(F)cccc1Cl. The van der Waals surface area contributed by atoms with Gasteiger partial charge < -0.3 is 15.0 Å². The van der Waals surface area contributed by atoms with Crippen LogP contribution in [0.4, 0.5) is 15.8 Å². The number of carbonyl (C=O) groups is 3. The summed E-state index contributed by atoms with van der Waals surface area (Å²) in [5.41, 5.74) is 1.05. The van der Waals surface area contributed by atoms with E-state index in [1.165, 1.54) is 23.1 Å². The maximum absolute atomic E-state index is 13.8. The number of nitrogens with zero attached hydrogens (tertiary/aromatic N) is 1. The minimum absolute atomic E-state index is 0.0184. The van der Waals surface area contributed by atoms with E-state index in [4.69, 9.17) is 16.3 Å². The topological polar surface area (TPSA) is 75.7 Å². The number of rotatable bonds is 4. The zero-order valence-corrected chi connectivity index (χ0v) is 15.8. The summed E-state index contributed by atoms with van der Waals surface area (Å²) in [6, 6.07) is 10.6. The summed E-state index contributed by atoms with van der Waals surface area (Å²) >= 11 is 5.90. The van der Waals surface area contributed by atoms with Crippen LogP contribution in [0, 0.1) is 5.82 Å². The number of amides is 2. The van der Waals surface area contributed by atoms with Crippen LogP contribution in [0.2, 0.25) is 5.02 Å². The largest absolute Gasteiger partial charge is 0.455 e. The fourth-order valence-corrected chi connectivity index (χ4v) is 3.31. The van der Waals surface area contributed by atoms with Crippen LogP contribution in [0.25, 0.3) is 0 Å². The van der Waals surface area contributed by atoms with E-state index in [0.717, 1.165) is 0 Å². The minimum atomic E-state index is -0.773. The van der Waals surface area contributed by atoms with Crippen molar-refractivity contribution in [2.45, 2.75) is 25.8 Å². The molecule has 0 unspecified atom stereocenters. The van der Waals surface area contributed by atoms with Gasteiger partial charge in [-0.1, -0.05) is 29.8 Å². The molecule has 0 bridgehead atoms. The molecule has 3 rings (SSSR count). The van der Waals surface area contributed by atoms with Gasteiger partial charge in [-0.2, -0.15) is 0 Å². The van der Waals surface area contributed by atoms with Gasteiger partial charge in [0.15, 0.2) is 6.61 Å². The highest BCUT2D eigenvalue weighted by molar-refractivity contribution is 6.31.